The van der Waals surface area contributed by atoms with Gasteiger partial charge in [-0.1, -0.05) is 103 Å². The van der Waals surface area contributed by atoms with Crippen LogP contribution in [0.2, 0.25) is 0 Å². The number of hydrogen-bond acceptors (Lipinski definition) is 5. The standard InChI is InChI=1S/C23H25N.C17H14O4.ClH/c1-19(20-11-5-2-6-12-20)24-18-17-23(21-13-7-3-8-14-21)22-15-9-4-10-16-22;1-19-12-5-3-4-11(8-12)16-10-15(18)14-7-6-13(20-2)9-17(14)21-16;/h2-16,19,23-24H,17-18H2,1H3;3-10H,1-2H3;1H. The lowest BCUT2D eigenvalue weighted by atomic mass is 9.88. The zero-order chi connectivity index (χ0) is 31.4. The highest BCUT2D eigenvalue weighted by Crippen LogP contribution is 2.29. The van der Waals surface area contributed by atoms with Crippen LogP contribution in [0.4, 0.5) is 0 Å². The van der Waals surface area contributed by atoms with Crippen molar-refractivity contribution in [3.05, 3.63) is 166 Å². The van der Waals surface area contributed by atoms with E-state index in [2.05, 4.69) is 103 Å². The second-order valence-electron chi connectivity index (χ2n) is 10.8. The molecule has 0 saturated heterocycles. The predicted octanol–water partition coefficient (Wildman–Crippen LogP) is 9.46. The molecule has 1 atom stereocenters. The fraction of sp³-hybridized carbons (Fsp3) is 0.175. The Balaban J connectivity index is 0.000000206. The molecule has 0 aliphatic carbocycles. The van der Waals surface area contributed by atoms with Crippen molar-refractivity contribution < 1.29 is 13.9 Å². The van der Waals surface area contributed by atoms with Gasteiger partial charge in [0.25, 0.3) is 0 Å². The molecule has 0 saturated carbocycles. The SMILES string of the molecule is CC(NCCC(c1ccccc1)c1ccccc1)c1ccccc1.COc1cccc(-c2cc(=O)c3ccc(OC)cc3o2)c1.Cl. The van der Waals surface area contributed by atoms with E-state index in [0.29, 0.717) is 40.2 Å². The summed E-state index contributed by atoms with van der Waals surface area (Å²) in [4.78, 5) is 12.2. The molecule has 0 aliphatic rings. The number of hydrogen-bond donors (Lipinski definition) is 1. The first-order chi connectivity index (χ1) is 22.1. The van der Waals surface area contributed by atoms with Crippen molar-refractivity contribution in [1.82, 2.24) is 5.32 Å². The highest BCUT2D eigenvalue weighted by Gasteiger charge is 2.14. The number of ether oxygens (including phenoxy) is 2. The van der Waals surface area contributed by atoms with Gasteiger partial charge in [-0.25, -0.2) is 0 Å². The highest BCUT2D eigenvalue weighted by molar-refractivity contribution is 5.85. The summed E-state index contributed by atoms with van der Waals surface area (Å²) in [5.41, 5.74) is 5.32. The van der Waals surface area contributed by atoms with E-state index in [1.54, 1.807) is 32.4 Å². The van der Waals surface area contributed by atoms with Crippen LogP contribution in [0.3, 0.4) is 0 Å². The fourth-order valence-electron chi connectivity index (χ4n) is 5.38. The summed E-state index contributed by atoms with van der Waals surface area (Å²) in [6.07, 6.45) is 1.09. The van der Waals surface area contributed by atoms with Gasteiger partial charge in [-0.05, 0) is 60.8 Å². The first kappa shape index (κ1) is 34.0. The molecule has 236 valence electrons. The molecule has 1 aromatic heterocycles. The summed E-state index contributed by atoms with van der Waals surface area (Å²) < 4.78 is 16.2. The maximum Gasteiger partial charge on any atom is 0.193 e. The molecule has 0 bridgehead atoms. The lowest BCUT2D eigenvalue weighted by Gasteiger charge is -2.20. The van der Waals surface area contributed by atoms with Crippen LogP contribution in [0.5, 0.6) is 11.5 Å². The Bertz CT molecular complexity index is 1800. The van der Waals surface area contributed by atoms with Crippen LogP contribution < -0.4 is 20.2 Å². The first-order valence-corrected chi connectivity index (χ1v) is 15.2. The molecular formula is C40H40ClNO4. The summed E-state index contributed by atoms with van der Waals surface area (Å²) in [6, 6.07) is 46.7. The van der Waals surface area contributed by atoms with Crippen molar-refractivity contribution in [3.8, 4) is 22.8 Å². The number of nitrogens with one attached hydrogen (secondary N) is 1. The molecule has 0 spiro atoms. The summed E-state index contributed by atoms with van der Waals surface area (Å²) in [7, 11) is 3.17. The third-order valence-electron chi connectivity index (χ3n) is 7.88. The third-order valence-corrected chi connectivity index (χ3v) is 7.88. The number of halogens is 1. The molecular weight excluding hydrogens is 594 g/mol. The summed E-state index contributed by atoms with van der Waals surface area (Å²) in [5.74, 6) is 2.29. The smallest absolute Gasteiger partial charge is 0.193 e. The van der Waals surface area contributed by atoms with Crippen molar-refractivity contribution in [2.24, 2.45) is 0 Å². The highest BCUT2D eigenvalue weighted by atomic mass is 35.5. The summed E-state index contributed by atoms with van der Waals surface area (Å²) in [5, 5.41) is 4.20. The minimum absolute atomic E-state index is 0. The Morgan fingerprint density at radius 2 is 1.22 bits per heavy atom. The van der Waals surface area contributed by atoms with E-state index in [-0.39, 0.29) is 17.8 Å². The van der Waals surface area contributed by atoms with E-state index < -0.39 is 0 Å². The molecule has 5 nitrogen and oxygen atoms in total. The Morgan fingerprint density at radius 3 is 1.80 bits per heavy atom. The topological polar surface area (TPSA) is 60.7 Å². The molecule has 6 heteroatoms. The van der Waals surface area contributed by atoms with Gasteiger partial charge in [-0.3, -0.25) is 4.79 Å². The molecule has 1 unspecified atom stereocenters. The van der Waals surface area contributed by atoms with Gasteiger partial charge in [0.1, 0.15) is 22.8 Å². The molecule has 0 aliphatic heterocycles. The molecule has 0 radical (unpaired) electrons. The maximum atomic E-state index is 12.2. The molecule has 46 heavy (non-hydrogen) atoms. The summed E-state index contributed by atoms with van der Waals surface area (Å²) >= 11 is 0. The zero-order valence-electron chi connectivity index (χ0n) is 26.4. The van der Waals surface area contributed by atoms with Crippen LogP contribution >= 0.6 is 12.4 Å². The Hall–Kier alpha value is -4.84. The minimum Gasteiger partial charge on any atom is -0.497 e. The van der Waals surface area contributed by atoms with Crippen LogP contribution in [-0.4, -0.2) is 20.8 Å². The second-order valence-corrected chi connectivity index (χ2v) is 10.8. The maximum absolute atomic E-state index is 12.2. The van der Waals surface area contributed by atoms with Gasteiger partial charge in [0.15, 0.2) is 5.43 Å². The number of methoxy groups -OCH3 is 2. The van der Waals surface area contributed by atoms with E-state index in [4.69, 9.17) is 13.9 Å². The molecule has 0 amide bonds. The summed E-state index contributed by atoms with van der Waals surface area (Å²) in [6.45, 7) is 3.22. The lowest BCUT2D eigenvalue weighted by molar-refractivity contribution is 0.414. The van der Waals surface area contributed by atoms with Gasteiger partial charge in [0.05, 0.1) is 19.6 Å². The fourth-order valence-corrected chi connectivity index (χ4v) is 5.38. The van der Waals surface area contributed by atoms with Crippen molar-refractivity contribution in [2.75, 3.05) is 20.8 Å². The van der Waals surface area contributed by atoms with Gasteiger partial charge >= 0.3 is 0 Å². The van der Waals surface area contributed by atoms with Crippen LogP contribution in [-0.2, 0) is 0 Å². The van der Waals surface area contributed by atoms with E-state index in [0.717, 1.165) is 18.5 Å². The average molecular weight is 634 g/mol. The Labute approximate surface area is 277 Å². The monoisotopic (exact) mass is 633 g/mol. The van der Waals surface area contributed by atoms with Crippen LogP contribution in [0, 0.1) is 0 Å². The number of benzene rings is 5. The van der Waals surface area contributed by atoms with Crippen LogP contribution in [0.25, 0.3) is 22.3 Å². The average Bonchev–Trinajstić information content (AvgIpc) is 3.11. The van der Waals surface area contributed by atoms with Gasteiger partial charge in [0, 0.05) is 29.7 Å². The van der Waals surface area contributed by atoms with Crippen LogP contribution in [0.15, 0.2) is 149 Å². The molecule has 0 fully saturated rings. The lowest BCUT2D eigenvalue weighted by Crippen LogP contribution is -2.21. The molecule has 1 heterocycles. The van der Waals surface area contributed by atoms with Gasteiger partial charge in [-0.15, -0.1) is 12.4 Å². The second kappa shape index (κ2) is 17.0. The quantitative estimate of drug-likeness (QED) is 0.163. The Morgan fingerprint density at radius 1 is 0.652 bits per heavy atom. The van der Waals surface area contributed by atoms with Gasteiger partial charge in [0.2, 0.25) is 0 Å². The van der Waals surface area contributed by atoms with Crippen molar-refractivity contribution >= 4 is 23.4 Å². The first-order valence-electron chi connectivity index (χ1n) is 15.2. The predicted molar refractivity (Wildman–Crippen MR) is 190 cm³/mol. The normalized spacial score (nSPS) is 11.2. The van der Waals surface area contributed by atoms with E-state index >= 15 is 0 Å². The van der Waals surface area contributed by atoms with Gasteiger partial charge < -0.3 is 19.2 Å². The van der Waals surface area contributed by atoms with E-state index in [1.807, 2.05) is 24.3 Å². The molecule has 6 aromatic rings. The van der Waals surface area contributed by atoms with E-state index in [9.17, 15) is 4.79 Å². The van der Waals surface area contributed by atoms with Crippen LogP contribution in [0.1, 0.15) is 42.0 Å². The molecule has 6 rings (SSSR count). The number of rotatable bonds is 10. The molecule has 5 aromatic carbocycles. The minimum atomic E-state index is -0.0864. The number of fused-ring (bicyclic) bond motifs is 1. The molecule has 1 N–H and O–H groups in total. The zero-order valence-corrected chi connectivity index (χ0v) is 27.2. The Kier molecular flexibility index (Phi) is 12.6. The largest absolute Gasteiger partial charge is 0.497 e. The third kappa shape index (κ3) is 8.87. The van der Waals surface area contributed by atoms with E-state index in [1.165, 1.54) is 22.8 Å². The van der Waals surface area contributed by atoms with Gasteiger partial charge in [-0.2, -0.15) is 0 Å². The van der Waals surface area contributed by atoms with Crippen molar-refractivity contribution in [1.29, 1.82) is 0 Å². The van der Waals surface area contributed by atoms with Crippen molar-refractivity contribution in [3.63, 3.8) is 0 Å². The van der Waals surface area contributed by atoms with Crippen molar-refractivity contribution in [2.45, 2.75) is 25.3 Å².